The quantitative estimate of drug-likeness (QED) is 0.160. The summed E-state index contributed by atoms with van der Waals surface area (Å²) in [5, 5.41) is 13.4. The first-order valence-electron chi connectivity index (χ1n) is 19.8. The van der Waals surface area contributed by atoms with Crippen LogP contribution in [0.4, 0.5) is 0 Å². The second-order valence-electron chi connectivity index (χ2n) is 15.3. The van der Waals surface area contributed by atoms with E-state index in [9.17, 15) is 0 Å². The van der Waals surface area contributed by atoms with Crippen LogP contribution >= 0.6 is 11.3 Å². The zero-order valence-electron chi connectivity index (χ0n) is 31.5. The molecule has 0 saturated carbocycles. The molecular weight excluding hydrogens is 721 g/mol. The van der Waals surface area contributed by atoms with E-state index in [1.165, 1.54) is 80.3 Å². The van der Waals surface area contributed by atoms with Crippen LogP contribution in [-0.4, -0.2) is 0 Å². The number of thiophene rings is 1. The van der Waals surface area contributed by atoms with Crippen molar-refractivity contribution in [3.05, 3.63) is 212 Å². The predicted octanol–water partition coefficient (Wildman–Crippen LogP) is 16.5. The SMILES string of the molecule is C=C(c1ccc2cc(-c3c4ccccc4c(-c4cccc5ccccc45)c4ccccc34)ccc2c1)c1cc2c(cc1-c1cc3ccccc3s1)oc1ccccc12. The van der Waals surface area contributed by atoms with Crippen molar-refractivity contribution in [1.82, 2.24) is 0 Å². The van der Waals surface area contributed by atoms with Crippen molar-refractivity contribution in [2.75, 3.05) is 0 Å². The highest BCUT2D eigenvalue weighted by Gasteiger charge is 2.20. The molecule has 0 amide bonds. The third-order valence-corrected chi connectivity index (χ3v) is 13.2. The smallest absolute Gasteiger partial charge is 0.136 e. The van der Waals surface area contributed by atoms with Gasteiger partial charge < -0.3 is 4.42 Å². The van der Waals surface area contributed by atoms with Crippen LogP contribution in [0.1, 0.15) is 11.1 Å². The third kappa shape index (κ3) is 5.09. The van der Waals surface area contributed by atoms with Gasteiger partial charge in [-0.15, -0.1) is 11.3 Å². The molecule has 0 radical (unpaired) electrons. The van der Waals surface area contributed by atoms with Gasteiger partial charge >= 0.3 is 0 Å². The average molecular weight is 755 g/mol. The fraction of sp³-hybridized carbons (Fsp3) is 0. The predicted molar refractivity (Wildman–Crippen MR) is 250 cm³/mol. The first-order valence-corrected chi connectivity index (χ1v) is 20.6. The molecule has 0 N–H and O–H groups in total. The molecule has 270 valence electrons. The van der Waals surface area contributed by atoms with Gasteiger partial charge in [-0.1, -0.05) is 158 Å². The Morgan fingerprint density at radius 3 is 1.79 bits per heavy atom. The summed E-state index contributed by atoms with van der Waals surface area (Å²) in [4.78, 5) is 1.20. The van der Waals surface area contributed by atoms with Crippen LogP contribution < -0.4 is 0 Å². The molecule has 0 bridgehead atoms. The third-order valence-electron chi connectivity index (χ3n) is 12.0. The van der Waals surface area contributed by atoms with Crippen LogP contribution in [0.5, 0.6) is 0 Å². The number of furan rings is 1. The van der Waals surface area contributed by atoms with E-state index in [0.29, 0.717) is 0 Å². The molecule has 2 aromatic heterocycles. The largest absolute Gasteiger partial charge is 0.456 e. The molecule has 2 heterocycles. The van der Waals surface area contributed by atoms with E-state index in [1.807, 2.05) is 23.5 Å². The number of benzene rings is 10. The summed E-state index contributed by atoms with van der Waals surface area (Å²) >= 11 is 1.81. The zero-order chi connectivity index (χ0) is 38.3. The van der Waals surface area contributed by atoms with Gasteiger partial charge in [0.25, 0.3) is 0 Å². The van der Waals surface area contributed by atoms with E-state index in [4.69, 9.17) is 11.0 Å². The lowest BCUT2D eigenvalue weighted by Crippen LogP contribution is -1.92. The first-order chi connectivity index (χ1) is 28.7. The summed E-state index contributed by atoms with van der Waals surface area (Å²) in [5.74, 6) is 0. The van der Waals surface area contributed by atoms with Crippen LogP contribution in [0.15, 0.2) is 205 Å². The van der Waals surface area contributed by atoms with E-state index >= 15 is 0 Å². The lowest BCUT2D eigenvalue weighted by Gasteiger charge is -2.19. The van der Waals surface area contributed by atoms with Crippen molar-refractivity contribution in [3.8, 4) is 32.7 Å². The normalized spacial score (nSPS) is 11.9. The standard InChI is InChI=1S/C56H34OS/c1-34(48-32-49-42-17-9-10-23-51(42)57-52(49)33-50(48)54-31-39-14-3-11-24-53(39)58-54)36-25-26-38-30-40(28-27-37(38)29-36)55-44-18-5-7-20-46(44)56(47-21-8-6-19-45(47)55)43-22-12-15-35-13-2-4-16-41(35)43/h2-33H,1H2. The van der Waals surface area contributed by atoms with Crippen molar-refractivity contribution >= 4 is 92.0 Å². The maximum atomic E-state index is 6.41. The molecule has 0 aliphatic heterocycles. The molecule has 0 spiro atoms. The van der Waals surface area contributed by atoms with E-state index in [2.05, 4.69) is 182 Å². The van der Waals surface area contributed by atoms with Gasteiger partial charge in [-0.2, -0.15) is 0 Å². The lowest BCUT2D eigenvalue weighted by atomic mass is 9.84. The Balaban J connectivity index is 1.01. The second kappa shape index (κ2) is 12.9. The van der Waals surface area contributed by atoms with E-state index < -0.39 is 0 Å². The summed E-state index contributed by atoms with van der Waals surface area (Å²) in [6.07, 6.45) is 0. The molecule has 0 unspecified atom stereocenters. The molecule has 1 nitrogen and oxygen atoms in total. The van der Waals surface area contributed by atoms with Crippen LogP contribution in [0.3, 0.4) is 0 Å². The van der Waals surface area contributed by atoms with Crippen molar-refractivity contribution in [1.29, 1.82) is 0 Å². The maximum Gasteiger partial charge on any atom is 0.136 e. The van der Waals surface area contributed by atoms with E-state index in [0.717, 1.165) is 44.2 Å². The Bertz CT molecular complexity index is 3560. The number of para-hydroxylation sites is 1. The monoisotopic (exact) mass is 754 g/mol. The Morgan fingerprint density at radius 1 is 0.397 bits per heavy atom. The van der Waals surface area contributed by atoms with Gasteiger partial charge in [0.2, 0.25) is 0 Å². The zero-order valence-corrected chi connectivity index (χ0v) is 32.3. The van der Waals surface area contributed by atoms with Crippen molar-refractivity contribution < 1.29 is 4.42 Å². The summed E-state index contributed by atoms with van der Waals surface area (Å²) in [6, 6.07) is 70.7. The van der Waals surface area contributed by atoms with Crippen LogP contribution in [0.25, 0.3) is 113 Å². The van der Waals surface area contributed by atoms with Gasteiger partial charge in [0, 0.05) is 25.9 Å². The Labute approximate surface area is 339 Å². The van der Waals surface area contributed by atoms with E-state index in [-0.39, 0.29) is 0 Å². The summed E-state index contributed by atoms with van der Waals surface area (Å²) in [6.45, 7) is 4.77. The number of hydrogen-bond acceptors (Lipinski definition) is 2. The van der Waals surface area contributed by atoms with Gasteiger partial charge in [-0.05, 0) is 130 Å². The van der Waals surface area contributed by atoms with Crippen molar-refractivity contribution in [2.24, 2.45) is 0 Å². The molecule has 0 saturated heterocycles. The Kier molecular flexibility index (Phi) is 7.32. The van der Waals surface area contributed by atoms with E-state index in [1.54, 1.807) is 0 Å². The lowest BCUT2D eigenvalue weighted by molar-refractivity contribution is 0.669. The van der Waals surface area contributed by atoms with Crippen molar-refractivity contribution in [2.45, 2.75) is 0 Å². The minimum absolute atomic E-state index is 0.890. The molecule has 0 aliphatic carbocycles. The van der Waals surface area contributed by atoms with Gasteiger partial charge in [-0.3, -0.25) is 0 Å². The number of rotatable bonds is 5. The highest BCUT2D eigenvalue weighted by Crippen LogP contribution is 2.47. The maximum absolute atomic E-state index is 6.41. The van der Waals surface area contributed by atoms with Gasteiger partial charge in [0.1, 0.15) is 11.2 Å². The summed E-state index contributed by atoms with van der Waals surface area (Å²) in [5.41, 5.74) is 11.2. The highest BCUT2D eigenvalue weighted by atomic mass is 32.1. The average Bonchev–Trinajstić information content (AvgIpc) is 3.88. The molecule has 12 rings (SSSR count). The fourth-order valence-corrected chi connectivity index (χ4v) is 10.4. The fourth-order valence-electron chi connectivity index (χ4n) is 9.26. The van der Waals surface area contributed by atoms with Crippen molar-refractivity contribution in [3.63, 3.8) is 0 Å². The second-order valence-corrected chi connectivity index (χ2v) is 16.3. The van der Waals surface area contributed by atoms with Gasteiger partial charge in [0.05, 0.1) is 0 Å². The Hall–Kier alpha value is -7.26. The summed E-state index contributed by atoms with van der Waals surface area (Å²) < 4.78 is 7.68. The molecule has 0 atom stereocenters. The molecule has 2 heteroatoms. The molecule has 0 aliphatic rings. The van der Waals surface area contributed by atoms with Crippen LogP contribution in [0, 0.1) is 0 Å². The Morgan fingerprint density at radius 2 is 1.02 bits per heavy atom. The van der Waals surface area contributed by atoms with Gasteiger partial charge in [0.15, 0.2) is 0 Å². The van der Waals surface area contributed by atoms with Crippen LogP contribution in [0.2, 0.25) is 0 Å². The molecule has 10 aromatic carbocycles. The summed E-state index contributed by atoms with van der Waals surface area (Å²) in [7, 11) is 0. The number of fused-ring (bicyclic) bond motifs is 8. The van der Waals surface area contributed by atoms with Gasteiger partial charge in [-0.25, -0.2) is 0 Å². The highest BCUT2D eigenvalue weighted by molar-refractivity contribution is 7.22. The minimum Gasteiger partial charge on any atom is -0.456 e. The molecule has 0 fully saturated rings. The molecule has 58 heavy (non-hydrogen) atoms. The molecular formula is C56H34OS. The topological polar surface area (TPSA) is 13.1 Å². The first kappa shape index (κ1) is 32.9. The minimum atomic E-state index is 0.890. The molecule has 12 aromatic rings. The van der Waals surface area contributed by atoms with Crippen LogP contribution in [-0.2, 0) is 0 Å². The number of hydrogen-bond donors (Lipinski definition) is 0.